The van der Waals surface area contributed by atoms with E-state index in [4.69, 9.17) is 0 Å². The highest BCUT2D eigenvalue weighted by atomic mass is 32.2. The van der Waals surface area contributed by atoms with E-state index in [1.807, 2.05) is 6.92 Å². The third-order valence-electron chi connectivity index (χ3n) is 3.45. The number of sulfone groups is 1. The molecule has 1 aliphatic heterocycles. The molecule has 0 radical (unpaired) electrons. The average Bonchev–Trinajstić information content (AvgIpc) is 2.33. The van der Waals surface area contributed by atoms with Gasteiger partial charge in [0.2, 0.25) is 0 Å². The third kappa shape index (κ3) is 2.54. The Morgan fingerprint density at radius 2 is 2.22 bits per heavy atom. The molecular formula is C12H17FN2O2S. The second-order valence-electron chi connectivity index (χ2n) is 4.69. The van der Waals surface area contributed by atoms with E-state index in [0.29, 0.717) is 5.69 Å². The molecule has 0 aliphatic carbocycles. The predicted octanol–water partition coefficient (Wildman–Crippen LogP) is 1.45. The van der Waals surface area contributed by atoms with Crippen molar-refractivity contribution in [3.8, 4) is 0 Å². The highest BCUT2D eigenvalue weighted by Crippen LogP contribution is 2.27. The van der Waals surface area contributed by atoms with Crippen molar-refractivity contribution >= 4 is 9.84 Å². The second-order valence-corrected chi connectivity index (χ2v) is 7.09. The summed E-state index contributed by atoms with van der Waals surface area (Å²) in [6.07, 6.45) is 1.86. The van der Waals surface area contributed by atoms with Crippen LogP contribution >= 0.6 is 0 Å². The first kappa shape index (κ1) is 13.4. The van der Waals surface area contributed by atoms with E-state index in [1.54, 1.807) is 6.92 Å². The molecule has 18 heavy (non-hydrogen) atoms. The Kier molecular flexibility index (Phi) is 3.68. The molecular weight excluding hydrogens is 255 g/mol. The summed E-state index contributed by atoms with van der Waals surface area (Å²) in [4.78, 5) is 3.98. The van der Waals surface area contributed by atoms with Crippen LogP contribution < -0.4 is 5.32 Å². The van der Waals surface area contributed by atoms with Crippen LogP contribution in [0.3, 0.4) is 0 Å². The molecule has 4 nitrogen and oxygen atoms in total. The van der Waals surface area contributed by atoms with Crippen LogP contribution in [0.4, 0.5) is 4.39 Å². The molecule has 0 saturated carbocycles. The van der Waals surface area contributed by atoms with E-state index in [9.17, 15) is 12.8 Å². The van der Waals surface area contributed by atoms with Gasteiger partial charge in [-0.2, -0.15) is 0 Å². The lowest BCUT2D eigenvalue weighted by molar-refractivity contribution is 0.398. The maximum absolute atomic E-state index is 12.8. The monoisotopic (exact) mass is 272 g/mol. The van der Waals surface area contributed by atoms with Gasteiger partial charge in [-0.25, -0.2) is 12.8 Å². The van der Waals surface area contributed by atoms with Crippen molar-refractivity contribution in [2.24, 2.45) is 0 Å². The molecule has 2 rings (SSSR count). The number of pyridine rings is 1. The van der Waals surface area contributed by atoms with Crippen molar-refractivity contribution in [1.82, 2.24) is 10.3 Å². The largest absolute Gasteiger partial charge is 0.304 e. The highest BCUT2D eigenvalue weighted by Gasteiger charge is 2.38. The van der Waals surface area contributed by atoms with Gasteiger partial charge in [-0.1, -0.05) is 6.92 Å². The van der Waals surface area contributed by atoms with Crippen LogP contribution in [-0.4, -0.2) is 30.4 Å². The smallest absolute Gasteiger partial charge is 0.156 e. The van der Waals surface area contributed by atoms with E-state index in [1.165, 1.54) is 12.1 Å². The zero-order chi connectivity index (χ0) is 13.3. The summed E-state index contributed by atoms with van der Waals surface area (Å²) in [5.41, 5.74) is 0.575. The lowest BCUT2D eigenvalue weighted by Gasteiger charge is -2.34. The van der Waals surface area contributed by atoms with Crippen LogP contribution in [0, 0.1) is 5.82 Å². The van der Waals surface area contributed by atoms with Crippen LogP contribution in [0.5, 0.6) is 0 Å². The highest BCUT2D eigenvalue weighted by molar-refractivity contribution is 7.92. The molecule has 1 aromatic rings. The quantitative estimate of drug-likeness (QED) is 0.885. The van der Waals surface area contributed by atoms with Gasteiger partial charge in [0.05, 0.1) is 28.9 Å². The van der Waals surface area contributed by atoms with Gasteiger partial charge in [0.25, 0.3) is 0 Å². The first-order valence-corrected chi connectivity index (χ1v) is 7.74. The van der Waals surface area contributed by atoms with Crippen LogP contribution in [-0.2, 0) is 9.84 Å². The zero-order valence-corrected chi connectivity index (χ0v) is 11.2. The summed E-state index contributed by atoms with van der Waals surface area (Å²) in [5, 5.41) is 2.74. The Bertz CT molecular complexity index is 515. The minimum absolute atomic E-state index is 0.0666. The maximum atomic E-state index is 12.8. The van der Waals surface area contributed by atoms with Gasteiger partial charge in [0.15, 0.2) is 9.84 Å². The molecule has 3 unspecified atom stereocenters. The molecule has 2 heterocycles. The number of rotatable bonds is 2. The Balaban J connectivity index is 2.33. The van der Waals surface area contributed by atoms with E-state index in [0.717, 1.165) is 12.6 Å². The topological polar surface area (TPSA) is 59.1 Å². The van der Waals surface area contributed by atoms with Crippen LogP contribution in [0.2, 0.25) is 0 Å². The second kappa shape index (κ2) is 4.93. The molecule has 0 spiro atoms. The Hall–Kier alpha value is -1.01. The maximum Gasteiger partial charge on any atom is 0.156 e. The first-order chi connectivity index (χ1) is 8.44. The summed E-state index contributed by atoms with van der Waals surface area (Å²) < 4.78 is 37.0. The van der Waals surface area contributed by atoms with Gasteiger partial charge >= 0.3 is 0 Å². The van der Waals surface area contributed by atoms with Crippen molar-refractivity contribution in [2.75, 3.05) is 5.75 Å². The van der Waals surface area contributed by atoms with Gasteiger partial charge in [-0.15, -0.1) is 0 Å². The standard InChI is InChI=1S/C12H17FN2O2S/c1-3-10-7-18(16,17)8(2)12(15-10)11-5-4-9(13)6-14-11/h4-6,8,10,12,15H,3,7H2,1-2H3. The van der Waals surface area contributed by atoms with Crippen LogP contribution in [0.1, 0.15) is 32.0 Å². The van der Waals surface area contributed by atoms with E-state index in [2.05, 4.69) is 10.3 Å². The number of nitrogens with zero attached hydrogens (tertiary/aromatic N) is 1. The fraction of sp³-hybridized carbons (Fsp3) is 0.583. The molecule has 3 atom stereocenters. The summed E-state index contributed by atoms with van der Waals surface area (Å²) in [6.45, 7) is 3.61. The number of halogens is 1. The molecule has 1 saturated heterocycles. The fourth-order valence-electron chi connectivity index (χ4n) is 2.21. The summed E-state index contributed by atoms with van der Waals surface area (Å²) in [5.74, 6) is -0.264. The summed E-state index contributed by atoms with van der Waals surface area (Å²) >= 11 is 0. The number of hydrogen-bond donors (Lipinski definition) is 1. The molecule has 0 amide bonds. The van der Waals surface area contributed by atoms with Gasteiger partial charge in [0.1, 0.15) is 5.82 Å². The fourth-order valence-corrected chi connectivity index (χ4v) is 4.04. The van der Waals surface area contributed by atoms with Gasteiger partial charge < -0.3 is 5.32 Å². The molecule has 100 valence electrons. The van der Waals surface area contributed by atoms with E-state index >= 15 is 0 Å². The molecule has 1 aromatic heterocycles. The van der Waals surface area contributed by atoms with Crippen molar-refractivity contribution in [3.63, 3.8) is 0 Å². The Morgan fingerprint density at radius 3 is 2.78 bits per heavy atom. The average molecular weight is 272 g/mol. The van der Waals surface area contributed by atoms with Crippen molar-refractivity contribution in [3.05, 3.63) is 29.8 Å². The zero-order valence-electron chi connectivity index (χ0n) is 10.4. The minimum Gasteiger partial charge on any atom is -0.304 e. The SMILES string of the molecule is CCC1CS(=O)(=O)C(C)C(c2ccc(F)cn2)N1. The van der Waals surface area contributed by atoms with Crippen molar-refractivity contribution in [2.45, 2.75) is 37.6 Å². The van der Waals surface area contributed by atoms with E-state index < -0.39 is 20.9 Å². The van der Waals surface area contributed by atoms with Crippen LogP contribution in [0.25, 0.3) is 0 Å². The summed E-state index contributed by atoms with van der Waals surface area (Å²) in [7, 11) is -3.13. The molecule has 1 aliphatic rings. The number of aromatic nitrogens is 1. The van der Waals surface area contributed by atoms with Crippen molar-refractivity contribution in [1.29, 1.82) is 0 Å². The molecule has 1 fully saturated rings. The lowest BCUT2D eigenvalue weighted by Crippen LogP contribution is -2.51. The van der Waals surface area contributed by atoms with Gasteiger partial charge in [-0.3, -0.25) is 4.98 Å². The molecule has 6 heteroatoms. The predicted molar refractivity (Wildman–Crippen MR) is 67.4 cm³/mol. The van der Waals surface area contributed by atoms with Gasteiger partial charge in [-0.05, 0) is 25.5 Å². The molecule has 1 N–H and O–H groups in total. The van der Waals surface area contributed by atoms with Gasteiger partial charge in [0, 0.05) is 6.04 Å². The number of nitrogens with one attached hydrogen (secondary N) is 1. The molecule has 0 bridgehead atoms. The Morgan fingerprint density at radius 1 is 1.50 bits per heavy atom. The van der Waals surface area contributed by atoms with Crippen LogP contribution in [0.15, 0.2) is 18.3 Å². The lowest BCUT2D eigenvalue weighted by atomic mass is 10.1. The van der Waals surface area contributed by atoms with Crippen molar-refractivity contribution < 1.29 is 12.8 Å². The number of hydrogen-bond acceptors (Lipinski definition) is 4. The Labute approximate surface area is 107 Å². The minimum atomic E-state index is -3.13. The first-order valence-electron chi connectivity index (χ1n) is 6.03. The summed E-state index contributed by atoms with van der Waals surface area (Å²) in [6, 6.07) is 2.41. The van der Waals surface area contributed by atoms with E-state index in [-0.39, 0.29) is 17.8 Å². The molecule has 0 aromatic carbocycles. The normalized spacial score (nSPS) is 31.2. The third-order valence-corrected chi connectivity index (χ3v) is 5.72.